The van der Waals surface area contributed by atoms with Gasteiger partial charge in [0.15, 0.2) is 0 Å². The SMILES string of the molecule is CCC(C)CN(CC)c1cc(NN)nc(C)n1. The lowest BCUT2D eigenvalue weighted by Gasteiger charge is -2.25. The normalized spacial score (nSPS) is 12.3. The van der Waals surface area contributed by atoms with Crippen molar-refractivity contribution in [3.05, 3.63) is 11.9 Å². The Morgan fingerprint density at radius 1 is 1.41 bits per heavy atom. The predicted octanol–water partition coefficient (Wildman–Crippen LogP) is 1.94. The molecule has 3 N–H and O–H groups in total. The van der Waals surface area contributed by atoms with E-state index in [1.165, 1.54) is 6.42 Å². The van der Waals surface area contributed by atoms with E-state index >= 15 is 0 Å². The molecule has 0 spiro atoms. The van der Waals surface area contributed by atoms with Crippen molar-refractivity contribution in [2.45, 2.75) is 34.1 Å². The van der Waals surface area contributed by atoms with Crippen LogP contribution in [0.5, 0.6) is 0 Å². The summed E-state index contributed by atoms with van der Waals surface area (Å²) in [6, 6.07) is 1.89. The highest BCUT2D eigenvalue weighted by Gasteiger charge is 2.11. The molecule has 5 heteroatoms. The van der Waals surface area contributed by atoms with Gasteiger partial charge >= 0.3 is 0 Å². The monoisotopic (exact) mass is 237 g/mol. The van der Waals surface area contributed by atoms with Gasteiger partial charge in [-0.2, -0.15) is 0 Å². The van der Waals surface area contributed by atoms with Gasteiger partial charge in [-0.15, -0.1) is 0 Å². The Hall–Kier alpha value is -1.36. The Morgan fingerprint density at radius 2 is 2.12 bits per heavy atom. The molecular weight excluding hydrogens is 214 g/mol. The van der Waals surface area contributed by atoms with Gasteiger partial charge in [0.2, 0.25) is 0 Å². The second kappa shape index (κ2) is 6.39. The van der Waals surface area contributed by atoms with Crippen molar-refractivity contribution in [1.82, 2.24) is 9.97 Å². The fourth-order valence-electron chi connectivity index (χ4n) is 1.68. The molecule has 1 aromatic heterocycles. The topological polar surface area (TPSA) is 67.1 Å². The molecule has 0 saturated heterocycles. The van der Waals surface area contributed by atoms with Crippen LogP contribution in [0.25, 0.3) is 0 Å². The van der Waals surface area contributed by atoms with Crippen molar-refractivity contribution >= 4 is 11.6 Å². The number of aromatic nitrogens is 2. The van der Waals surface area contributed by atoms with Crippen LogP contribution in [0.2, 0.25) is 0 Å². The number of nitrogens with one attached hydrogen (secondary N) is 1. The highest BCUT2D eigenvalue weighted by atomic mass is 15.3. The molecule has 96 valence electrons. The van der Waals surface area contributed by atoms with Crippen LogP contribution in [0, 0.1) is 12.8 Å². The van der Waals surface area contributed by atoms with Gasteiger partial charge in [0.25, 0.3) is 0 Å². The Balaban J connectivity index is 2.90. The number of nitrogens with two attached hydrogens (primary N) is 1. The molecule has 1 atom stereocenters. The number of hydrazine groups is 1. The molecule has 0 aromatic carbocycles. The Bertz CT molecular complexity index is 353. The van der Waals surface area contributed by atoms with Crippen molar-refractivity contribution < 1.29 is 0 Å². The van der Waals surface area contributed by atoms with Gasteiger partial charge in [0, 0.05) is 19.2 Å². The molecule has 1 unspecified atom stereocenters. The van der Waals surface area contributed by atoms with E-state index in [-0.39, 0.29) is 0 Å². The molecule has 0 aliphatic carbocycles. The lowest BCUT2D eigenvalue weighted by atomic mass is 10.1. The number of anilines is 2. The first-order chi connectivity index (χ1) is 8.10. The van der Waals surface area contributed by atoms with Crippen molar-refractivity contribution in [3.8, 4) is 0 Å². The molecule has 0 amide bonds. The van der Waals surface area contributed by atoms with E-state index in [1.54, 1.807) is 0 Å². The van der Waals surface area contributed by atoms with Crippen LogP contribution >= 0.6 is 0 Å². The average molecular weight is 237 g/mol. The number of hydrogen-bond donors (Lipinski definition) is 2. The second-order valence-electron chi connectivity index (χ2n) is 4.35. The van der Waals surface area contributed by atoms with Crippen LogP contribution in [-0.4, -0.2) is 23.1 Å². The zero-order chi connectivity index (χ0) is 12.8. The summed E-state index contributed by atoms with van der Waals surface area (Å²) in [5.74, 6) is 8.38. The van der Waals surface area contributed by atoms with Gasteiger partial charge in [0.05, 0.1) is 0 Å². The molecule has 1 rings (SSSR count). The van der Waals surface area contributed by atoms with Gasteiger partial charge in [-0.25, -0.2) is 15.8 Å². The van der Waals surface area contributed by atoms with Crippen molar-refractivity contribution in [2.24, 2.45) is 11.8 Å². The number of nitrogen functional groups attached to an aromatic ring is 1. The van der Waals surface area contributed by atoms with Gasteiger partial charge in [-0.3, -0.25) is 0 Å². The quantitative estimate of drug-likeness (QED) is 0.584. The first-order valence-corrected chi connectivity index (χ1v) is 6.17. The Morgan fingerprint density at radius 3 is 2.65 bits per heavy atom. The summed E-state index contributed by atoms with van der Waals surface area (Å²) in [6.07, 6.45) is 1.17. The van der Waals surface area contributed by atoms with Gasteiger partial charge in [-0.1, -0.05) is 20.3 Å². The molecule has 0 aliphatic rings. The van der Waals surface area contributed by atoms with Gasteiger partial charge in [-0.05, 0) is 19.8 Å². The molecular formula is C12H23N5. The summed E-state index contributed by atoms with van der Waals surface area (Å²) in [4.78, 5) is 10.9. The zero-order valence-corrected chi connectivity index (χ0v) is 11.2. The summed E-state index contributed by atoms with van der Waals surface area (Å²) in [5, 5.41) is 0. The molecule has 0 bridgehead atoms. The first-order valence-electron chi connectivity index (χ1n) is 6.17. The zero-order valence-electron chi connectivity index (χ0n) is 11.2. The van der Waals surface area contributed by atoms with Crippen molar-refractivity contribution in [2.75, 3.05) is 23.4 Å². The van der Waals surface area contributed by atoms with Crippen LogP contribution in [0.1, 0.15) is 33.0 Å². The van der Waals surface area contributed by atoms with E-state index in [1.807, 2.05) is 13.0 Å². The minimum absolute atomic E-state index is 0.652. The third-order valence-electron chi connectivity index (χ3n) is 2.91. The van der Waals surface area contributed by atoms with Crippen molar-refractivity contribution in [3.63, 3.8) is 0 Å². The van der Waals surface area contributed by atoms with Crippen LogP contribution < -0.4 is 16.2 Å². The highest BCUT2D eigenvalue weighted by molar-refractivity contribution is 5.48. The van der Waals surface area contributed by atoms with Gasteiger partial charge < -0.3 is 10.3 Å². The third-order valence-corrected chi connectivity index (χ3v) is 2.91. The van der Waals surface area contributed by atoms with E-state index in [9.17, 15) is 0 Å². The van der Waals surface area contributed by atoms with Crippen molar-refractivity contribution in [1.29, 1.82) is 0 Å². The molecule has 0 fully saturated rings. The standard InChI is InChI=1S/C12H23N5/c1-5-9(3)8-17(6-2)12-7-11(16-13)14-10(4)15-12/h7,9H,5-6,8,13H2,1-4H3,(H,14,15,16). The van der Waals surface area contributed by atoms with E-state index in [0.29, 0.717) is 11.7 Å². The number of aryl methyl sites for hydroxylation is 1. The smallest absolute Gasteiger partial charge is 0.145 e. The Labute approximate surface area is 103 Å². The maximum absolute atomic E-state index is 5.40. The molecule has 0 saturated carbocycles. The first kappa shape index (κ1) is 13.7. The summed E-state index contributed by atoms with van der Waals surface area (Å²) < 4.78 is 0. The van der Waals surface area contributed by atoms with E-state index in [2.05, 4.69) is 41.1 Å². The highest BCUT2D eigenvalue weighted by Crippen LogP contribution is 2.17. The fraction of sp³-hybridized carbons (Fsp3) is 0.667. The number of rotatable bonds is 6. The van der Waals surface area contributed by atoms with Crippen LogP contribution in [0.15, 0.2) is 6.07 Å². The maximum atomic E-state index is 5.40. The summed E-state index contributed by atoms with van der Waals surface area (Å²) in [5.41, 5.74) is 2.58. The number of nitrogens with zero attached hydrogens (tertiary/aromatic N) is 3. The van der Waals surface area contributed by atoms with E-state index in [0.717, 1.165) is 24.7 Å². The summed E-state index contributed by atoms with van der Waals surface area (Å²) >= 11 is 0. The second-order valence-corrected chi connectivity index (χ2v) is 4.35. The van der Waals surface area contributed by atoms with Crippen LogP contribution in [0.3, 0.4) is 0 Å². The third kappa shape index (κ3) is 3.85. The molecule has 1 heterocycles. The predicted molar refractivity (Wildman–Crippen MR) is 71.9 cm³/mol. The molecule has 1 aromatic rings. The average Bonchev–Trinajstić information content (AvgIpc) is 2.34. The molecule has 5 nitrogen and oxygen atoms in total. The van der Waals surface area contributed by atoms with Crippen LogP contribution in [0.4, 0.5) is 11.6 Å². The van der Waals surface area contributed by atoms with Gasteiger partial charge in [0.1, 0.15) is 17.5 Å². The fourth-order valence-corrected chi connectivity index (χ4v) is 1.68. The Kier molecular flexibility index (Phi) is 5.15. The summed E-state index contributed by atoms with van der Waals surface area (Å²) in [6.45, 7) is 10.4. The minimum atomic E-state index is 0.652. The molecule has 0 radical (unpaired) electrons. The van der Waals surface area contributed by atoms with E-state index < -0.39 is 0 Å². The van der Waals surface area contributed by atoms with E-state index in [4.69, 9.17) is 5.84 Å². The number of hydrogen-bond acceptors (Lipinski definition) is 5. The van der Waals surface area contributed by atoms with Crippen LogP contribution in [-0.2, 0) is 0 Å². The summed E-state index contributed by atoms with van der Waals surface area (Å²) in [7, 11) is 0. The lowest BCUT2D eigenvalue weighted by molar-refractivity contribution is 0.545. The minimum Gasteiger partial charge on any atom is -0.356 e. The molecule has 0 aliphatic heterocycles. The lowest BCUT2D eigenvalue weighted by Crippen LogP contribution is -2.29. The maximum Gasteiger partial charge on any atom is 0.145 e. The molecule has 17 heavy (non-hydrogen) atoms. The largest absolute Gasteiger partial charge is 0.356 e.